The summed E-state index contributed by atoms with van der Waals surface area (Å²) in [6.45, 7) is 2.02. The second-order valence-electron chi connectivity index (χ2n) is 6.54. The molecule has 0 aliphatic heterocycles. The summed E-state index contributed by atoms with van der Waals surface area (Å²) in [4.78, 5) is 17.2. The molecule has 2 bridgehead atoms. The average Bonchev–Trinajstić information content (AvgIpc) is 2.86. The van der Waals surface area contributed by atoms with E-state index in [0.717, 1.165) is 17.1 Å². The van der Waals surface area contributed by atoms with Crippen molar-refractivity contribution in [3.63, 3.8) is 0 Å². The minimum atomic E-state index is 0.157. The number of thiazole rings is 1. The summed E-state index contributed by atoms with van der Waals surface area (Å²) >= 11 is 1.69. The number of rotatable bonds is 4. The number of allylic oxidation sites excluding steroid dienone is 2. The molecule has 3 nitrogen and oxygen atoms in total. The summed E-state index contributed by atoms with van der Waals surface area (Å²) in [5, 5.41) is 6.49. The molecule has 106 valence electrons. The van der Waals surface area contributed by atoms with Crippen LogP contribution in [-0.4, -0.2) is 10.9 Å². The Bertz CT molecular complexity index is 561. The fourth-order valence-corrected chi connectivity index (χ4v) is 4.61. The minimum Gasteiger partial charge on any atom is -0.346 e. The van der Waals surface area contributed by atoms with Gasteiger partial charge in [-0.25, -0.2) is 4.98 Å². The number of aromatic nitrogens is 1. The molecule has 0 aromatic carbocycles. The Labute approximate surface area is 123 Å². The van der Waals surface area contributed by atoms with Gasteiger partial charge in [0.1, 0.15) is 5.01 Å². The number of fused-ring (bicyclic) bond motifs is 2. The first-order valence-corrected chi connectivity index (χ1v) is 8.49. The third kappa shape index (κ3) is 2.20. The van der Waals surface area contributed by atoms with E-state index in [4.69, 9.17) is 0 Å². The molecule has 4 unspecified atom stereocenters. The maximum absolute atomic E-state index is 12.6. The third-order valence-electron chi connectivity index (χ3n) is 4.91. The van der Waals surface area contributed by atoms with Crippen LogP contribution in [0, 0.1) is 30.6 Å². The zero-order chi connectivity index (χ0) is 13.7. The summed E-state index contributed by atoms with van der Waals surface area (Å²) in [6, 6.07) is 0.157. The van der Waals surface area contributed by atoms with Crippen molar-refractivity contribution in [3.8, 4) is 0 Å². The highest BCUT2D eigenvalue weighted by molar-refractivity contribution is 7.09. The fourth-order valence-electron chi connectivity index (χ4n) is 3.67. The molecule has 4 heteroatoms. The van der Waals surface area contributed by atoms with Crippen molar-refractivity contribution >= 4 is 17.2 Å². The van der Waals surface area contributed by atoms with Crippen molar-refractivity contribution in [2.24, 2.45) is 23.7 Å². The highest BCUT2D eigenvalue weighted by Gasteiger charge is 2.42. The first-order chi connectivity index (χ1) is 9.70. The van der Waals surface area contributed by atoms with Gasteiger partial charge >= 0.3 is 0 Å². The van der Waals surface area contributed by atoms with E-state index in [1.54, 1.807) is 11.3 Å². The average molecular weight is 288 g/mol. The number of amides is 1. The normalized spacial score (nSPS) is 32.5. The molecular weight excluding hydrogens is 268 g/mol. The highest BCUT2D eigenvalue weighted by atomic mass is 32.1. The lowest BCUT2D eigenvalue weighted by Crippen LogP contribution is -2.36. The molecule has 0 radical (unpaired) electrons. The minimum absolute atomic E-state index is 0.157. The van der Waals surface area contributed by atoms with Crippen LogP contribution < -0.4 is 5.32 Å². The molecule has 0 spiro atoms. The van der Waals surface area contributed by atoms with Gasteiger partial charge in [-0.3, -0.25) is 4.79 Å². The van der Waals surface area contributed by atoms with Gasteiger partial charge < -0.3 is 5.32 Å². The van der Waals surface area contributed by atoms with Gasteiger partial charge in [-0.05, 0) is 50.4 Å². The molecule has 1 aromatic heterocycles. The summed E-state index contributed by atoms with van der Waals surface area (Å²) in [5.74, 6) is 2.20. The number of aryl methyl sites for hydroxylation is 1. The third-order valence-corrected chi connectivity index (χ3v) is 5.96. The fraction of sp³-hybridized carbons (Fsp3) is 0.625. The number of nitrogens with one attached hydrogen (secondary N) is 1. The molecule has 20 heavy (non-hydrogen) atoms. The highest BCUT2D eigenvalue weighted by Crippen LogP contribution is 2.45. The topological polar surface area (TPSA) is 42.0 Å². The number of nitrogens with zero attached hydrogens (tertiary/aromatic N) is 1. The second kappa shape index (κ2) is 4.69. The lowest BCUT2D eigenvalue weighted by molar-refractivity contribution is -0.126. The van der Waals surface area contributed by atoms with Crippen LogP contribution in [0.1, 0.15) is 42.4 Å². The molecule has 1 amide bonds. The maximum atomic E-state index is 12.6. The summed E-state index contributed by atoms with van der Waals surface area (Å²) in [5.41, 5.74) is 1.06. The molecule has 1 N–H and O–H groups in total. The van der Waals surface area contributed by atoms with Crippen LogP contribution in [0.2, 0.25) is 0 Å². The van der Waals surface area contributed by atoms with Crippen LogP contribution >= 0.6 is 11.3 Å². The van der Waals surface area contributed by atoms with E-state index in [0.29, 0.717) is 17.8 Å². The SMILES string of the molecule is Cc1csc(C(NC(=O)C2CC3C=CC2C3)C2CC2)n1. The summed E-state index contributed by atoms with van der Waals surface area (Å²) < 4.78 is 0. The van der Waals surface area contributed by atoms with Crippen molar-refractivity contribution < 1.29 is 4.79 Å². The van der Waals surface area contributed by atoms with Gasteiger partial charge in [0.15, 0.2) is 0 Å². The van der Waals surface area contributed by atoms with E-state index in [-0.39, 0.29) is 17.9 Å². The van der Waals surface area contributed by atoms with Gasteiger partial charge in [-0.15, -0.1) is 11.3 Å². The van der Waals surface area contributed by atoms with Crippen molar-refractivity contribution in [1.82, 2.24) is 10.3 Å². The Morgan fingerprint density at radius 3 is 2.80 bits per heavy atom. The molecule has 2 fully saturated rings. The molecule has 1 heterocycles. The molecule has 3 aliphatic carbocycles. The molecular formula is C16H20N2OS. The zero-order valence-corrected chi connectivity index (χ0v) is 12.5. The van der Waals surface area contributed by atoms with Gasteiger partial charge in [-0.2, -0.15) is 0 Å². The summed E-state index contributed by atoms with van der Waals surface area (Å²) in [7, 11) is 0. The molecule has 4 atom stereocenters. The van der Waals surface area contributed by atoms with Crippen LogP contribution in [-0.2, 0) is 4.79 Å². The predicted molar refractivity (Wildman–Crippen MR) is 79.3 cm³/mol. The van der Waals surface area contributed by atoms with E-state index < -0.39 is 0 Å². The summed E-state index contributed by atoms with van der Waals surface area (Å²) in [6.07, 6.45) is 9.21. The van der Waals surface area contributed by atoms with Crippen molar-refractivity contribution in [3.05, 3.63) is 28.2 Å². The number of hydrogen-bond acceptors (Lipinski definition) is 3. The van der Waals surface area contributed by atoms with Crippen molar-refractivity contribution in [1.29, 1.82) is 0 Å². The first kappa shape index (κ1) is 12.6. The molecule has 3 aliphatic rings. The van der Waals surface area contributed by atoms with Gasteiger partial charge in [0.25, 0.3) is 0 Å². The standard InChI is InChI=1S/C16H20N2OS/c1-9-8-20-16(17-9)14(11-4-5-11)18-15(19)13-7-10-2-3-12(13)6-10/h2-3,8,10-14H,4-7H2,1H3,(H,18,19). The Morgan fingerprint density at radius 2 is 2.25 bits per heavy atom. The predicted octanol–water partition coefficient (Wildman–Crippen LogP) is 3.23. The number of carbonyl (C=O) groups is 1. The van der Waals surface area contributed by atoms with Crippen LogP contribution in [0.25, 0.3) is 0 Å². The van der Waals surface area contributed by atoms with E-state index in [2.05, 4.69) is 27.8 Å². The van der Waals surface area contributed by atoms with Crippen molar-refractivity contribution in [2.45, 2.75) is 38.6 Å². The van der Waals surface area contributed by atoms with Gasteiger partial charge in [0, 0.05) is 17.0 Å². The van der Waals surface area contributed by atoms with Crippen LogP contribution in [0.15, 0.2) is 17.5 Å². The van der Waals surface area contributed by atoms with Crippen LogP contribution in [0.3, 0.4) is 0 Å². The Kier molecular flexibility index (Phi) is 2.95. The molecule has 1 aromatic rings. The molecule has 4 rings (SSSR count). The first-order valence-electron chi connectivity index (χ1n) is 7.61. The Balaban J connectivity index is 1.48. The quantitative estimate of drug-likeness (QED) is 0.864. The monoisotopic (exact) mass is 288 g/mol. The lowest BCUT2D eigenvalue weighted by Gasteiger charge is -2.22. The zero-order valence-electron chi connectivity index (χ0n) is 11.7. The Morgan fingerprint density at radius 1 is 1.40 bits per heavy atom. The number of carbonyl (C=O) groups excluding carboxylic acids is 1. The van der Waals surface area contributed by atoms with E-state index in [9.17, 15) is 4.79 Å². The van der Waals surface area contributed by atoms with E-state index >= 15 is 0 Å². The van der Waals surface area contributed by atoms with Crippen LogP contribution in [0.4, 0.5) is 0 Å². The second-order valence-corrected chi connectivity index (χ2v) is 7.43. The smallest absolute Gasteiger partial charge is 0.224 e. The van der Waals surface area contributed by atoms with Gasteiger partial charge in [-0.1, -0.05) is 12.2 Å². The lowest BCUT2D eigenvalue weighted by atomic mass is 9.92. The van der Waals surface area contributed by atoms with Gasteiger partial charge in [0.05, 0.1) is 6.04 Å². The number of hydrogen-bond donors (Lipinski definition) is 1. The van der Waals surface area contributed by atoms with Crippen molar-refractivity contribution in [2.75, 3.05) is 0 Å². The largest absolute Gasteiger partial charge is 0.346 e. The van der Waals surface area contributed by atoms with E-state index in [1.165, 1.54) is 19.3 Å². The van der Waals surface area contributed by atoms with Crippen LogP contribution in [0.5, 0.6) is 0 Å². The van der Waals surface area contributed by atoms with Gasteiger partial charge in [0.2, 0.25) is 5.91 Å². The molecule has 0 saturated heterocycles. The Hall–Kier alpha value is -1.16. The molecule has 2 saturated carbocycles. The van der Waals surface area contributed by atoms with E-state index in [1.807, 2.05) is 6.92 Å². The maximum Gasteiger partial charge on any atom is 0.224 e.